The molecule has 0 radical (unpaired) electrons. The first-order chi connectivity index (χ1) is 20.1. The molecule has 12 heteroatoms. The van der Waals surface area contributed by atoms with Crippen LogP contribution in [0.25, 0.3) is 16.9 Å². The summed E-state index contributed by atoms with van der Waals surface area (Å²) < 4.78 is 31.2. The molecule has 0 spiro atoms. The molecular weight excluding hydrogens is 620 g/mol. The summed E-state index contributed by atoms with van der Waals surface area (Å²) in [6.45, 7) is 6.84. The predicted octanol–water partition coefficient (Wildman–Crippen LogP) is 8.52. The highest BCUT2D eigenvalue weighted by Gasteiger charge is 2.37. The number of rotatable bonds is 14. The molecule has 0 unspecified atom stereocenters. The number of halogens is 3. The number of nitrogens with zero attached hydrogens (tertiary/aromatic N) is 2. The number of carbonyl (C=O) groups excluding carboxylic acids is 1. The van der Waals surface area contributed by atoms with Crippen LogP contribution in [0.3, 0.4) is 0 Å². The van der Waals surface area contributed by atoms with E-state index in [1.165, 1.54) is 0 Å². The van der Waals surface area contributed by atoms with Gasteiger partial charge in [0.15, 0.2) is 5.69 Å². The molecule has 8 nitrogen and oxygen atoms in total. The fraction of sp³-hybridized carbons (Fsp3) is 0.467. The average molecular weight is 657 g/mol. The number of carbonyl (C=O) groups is 1. The summed E-state index contributed by atoms with van der Waals surface area (Å²) in [6.07, 6.45) is 4.36. The molecule has 1 amide bonds. The SMILES string of the molecule is CCOP(=O)(CCCOCC1(NC(=O)c2nn(-c3ccc(Cl)cc3Cl)c(-c3ccc(Cl)cc3)c2C)CCCC1)OCC. The first kappa shape index (κ1) is 33.0. The molecule has 1 aromatic heterocycles. The summed E-state index contributed by atoms with van der Waals surface area (Å²) in [7, 11) is -3.12. The lowest BCUT2D eigenvalue weighted by Gasteiger charge is -2.30. The molecular formula is C30H37Cl3N3O5P. The number of ether oxygens (including phenoxy) is 1. The van der Waals surface area contributed by atoms with Crippen LogP contribution in [0.5, 0.6) is 0 Å². The molecule has 1 saturated carbocycles. The smallest absolute Gasteiger partial charge is 0.330 e. The highest BCUT2D eigenvalue weighted by Crippen LogP contribution is 2.48. The fourth-order valence-corrected chi connectivity index (χ4v) is 7.58. The van der Waals surface area contributed by atoms with Crippen molar-refractivity contribution in [2.45, 2.75) is 58.4 Å². The standard InChI is InChI=1S/C30H37Cl3N3O5P/c1-4-40-42(38,41-5-2)18-8-17-39-20-30(15-6-7-16-30)34-29(37)27-21(3)28(22-9-11-23(31)12-10-22)36(35-27)26-14-13-24(32)19-25(26)33/h9-14,19H,4-8,15-18,20H2,1-3H3,(H,34,37). The fourth-order valence-electron chi connectivity index (χ4n) is 5.33. The Kier molecular flexibility index (Phi) is 11.6. The lowest BCUT2D eigenvalue weighted by atomic mass is 9.98. The van der Waals surface area contributed by atoms with E-state index < -0.39 is 13.1 Å². The van der Waals surface area contributed by atoms with Crippen LogP contribution >= 0.6 is 42.4 Å². The second-order valence-corrected chi connectivity index (χ2v) is 13.8. The van der Waals surface area contributed by atoms with Crippen molar-refractivity contribution >= 4 is 48.3 Å². The summed E-state index contributed by atoms with van der Waals surface area (Å²) in [5.41, 5.74) is 2.65. The molecule has 42 heavy (non-hydrogen) atoms. The van der Waals surface area contributed by atoms with Gasteiger partial charge in [-0.15, -0.1) is 0 Å². The van der Waals surface area contributed by atoms with Crippen LogP contribution in [0.1, 0.15) is 62.0 Å². The molecule has 3 aromatic rings. The van der Waals surface area contributed by atoms with E-state index in [-0.39, 0.29) is 12.1 Å². The minimum Gasteiger partial charge on any atom is -0.379 e. The third kappa shape index (κ3) is 7.97. The number of nitrogens with one attached hydrogen (secondary N) is 1. The zero-order valence-electron chi connectivity index (χ0n) is 24.1. The Bertz CT molecular complexity index is 1410. The van der Waals surface area contributed by atoms with Gasteiger partial charge in [-0.1, -0.05) is 59.8 Å². The first-order valence-electron chi connectivity index (χ1n) is 14.2. The molecule has 1 N–H and O–H groups in total. The summed E-state index contributed by atoms with van der Waals surface area (Å²) in [6, 6.07) is 12.5. The average Bonchev–Trinajstić information content (AvgIpc) is 3.54. The van der Waals surface area contributed by atoms with Gasteiger partial charge in [-0.3, -0.25) is 9.36 Å². The van der Waals surface area contributed by atoms with Crippen LogP contribution in [0.4, 0.5) is 0 Å². The molecule has 1 fully saturated rings. The van der Waals surface area contributed by atoms with Crippen molar-refractivity contribution in [2.75, 3.05) is 32.6 Å². The van der Waals surface area contributed by atoms with E-state index in [2.05, 4.69) is 5.32 Å². The Balaban J connectivity index is 1.54. The quantitative estimate of drug-likeness (QED) is 0.138. The summed E-state index contributed by atoms with van der Waals surface area (Å²) in [5, 5.41) is 9.53. The van der Waals surface area contributed by atoms with Gasteiger partial charge in [0.25, 0.3) is 5.91 Å². The van der Waals surface area contributed by atoms with Gasteiger partial charge in [0.1, 0.15) is 0 Å². The molecule has 228 valence electrons. The predicted molar refractivity (Wildman–Crippen MR) is 169 cm³/mol. The minimum absolute atomic E-state index is 0.283. The van der Waals surface area contributed by atoms with Crippen molar-refractivity contribution in [3.8, 4) is 16.9 Å². The molecule has 0 aliphatic heterocycles. The molecule has 0 atom stereocenters. The van der Waals surface area contributed by atoms with Gasteiger partial charge >= 0.3 is 7.60 Å². The van der Waals surface area contributed by atoms with Crippen molar-refractivity contribution in [1.82, 2.24) is 15.1 Å². The number of aromatic nitrogens is 2. The summed E-state index contributed by atoms with van der Waals surface area (Å²) >= 11 is 18.9. The molecule has 1 aliphatic carbocycles. The maximum absolute atomic E-state index is 13.8. The Morgan fingerprint density at radius 3 is 2.29 bits per heavy atom. The number of benzene rings is 2. The van der Waals surface area contributed by atoms with Gasteiger partial charge in [0.05, 0.1) is 47.9 Å². The number of hydrogen-bond acceptors (Lipinski definition) is 6. The monoisotopic (exact) mass is 655 g/mol. The van der Waals surface area contributed by atoms with Gasteiger partial charge in [-0.25, -0.2) is 4.68 Å². The first-order valence-corrected chi connectivity index (χ1v) is 17.1. The van der Waals surface area contributed by atoms with E-state index in [9.17, 15) is 9.36 Å². The van der Waals surface area contributed by atoms with Crippen LogP contribution in [0.15, 0.2) is 42.5 Å². The highest BCUT2D eigenvalue weighted by molar-refractivity contribution is 7.53. The van der Waals surface area contributed by atoms with E-state index in [0.29, 0.717) is 64.9 Å². The molecule has 1 heterocycles. The van der Waals surface area contributed by atoms with Crippen LogP contribution in [-0.2, 0) is 18.3 Å². The normalized spacial score (nSPS) is 14.8. The Morgan fingerprint density at radius 1 is 1.02 bits per heavy atom. The third-order valence-electron chi connectivity index (χ3n) is 7.28. The summed E-state index contributed by atoms with van der Waals surface area (Å²) in [5.74, 6) is -0.283. The topological polar surface area (TPSA) is 91.7 Å². The number of hydrogen-bond donors (Lipinski definition) is 1. The largest absolute Gasteiger partial charge is 0.379 e. The van der Waals surface area contributed by atoms with Crippen LogP contribution in [0.2, 0.25) is 15.1 Å². The Labute approximate surface area is 262 Å². The van der Waals surface area contributed by atoms with E-state index in [4.69, 9.17) is 53.7 Å². The van der Waals surface area contributed by atoms with E-state index >= 15 is 0 Å². The van der Waals surface area contributed by atoms with Crippen molar-refractivity contribution in [2.24, 2.45) is 0 Å². The van der Waals surface area contributed by atoms with Gasteiger partial charge in [0, 0.05) is 27.8 Å². The van der Waals surface area contributed by atoms with E-state index in [1.807, 2.05) is 19.1 Å². The van der Waals surface area contributed by atoms with E-state index in [1.54, 1.807) is 48.9 Å². The van der Waals surface area contributed by atoms with Crippen LogP contribution in [0, 0.1) is 6.92 Å². The molecule has 0 bridgehead atoms. The molecule has 4 rings (SSSR count). The second-order valence-electron chi connectivity index (χ2n) is 10.4. The van der Waals surface area contributed by atoms with Crippen molar-refractivity contribution in [3.05, 3.63) is 68.8 Å². The maximum atomic E-state index is 13.8. The molecule has 1 aliphatic rings. The Hall–Kier alpha value is -1.90. The maximum Gasteiger partial charge on any atom is 0.330 e. The van der Waals surface area contributed by atoms with Crippen molar-refractivity contribution < 1.29 is 23.1 Å². The van der Waals surface area contributed by atoms with Gasteiger partial charge in [-0.2, -0.15) is 5.10 Å². The van der Waals surface area contributed by atoms with Gasteiger partial charge in [0.2, 0.25) is 0 Å². The van der Waals surface area contributed by atoms with Crippen molar-refractivity contribution in [1.29, 1.82) is 0 Å². The molecule has 2 aromatic carbocycles. The second kappa shape index (κ2) is 14.7. The van der Waals surface area contributed by atoms with Crippen LogP contribution < -0.4 is 5.32 Å². The summed E-state index contributed by atoms with van der Waals surface area (Å²) in [4.78, 5) is 13.8. The lowest BCUT2D eigenvalue weighted by Crippen LogP contribution is -2.50. The van der Waals surface area contributed by atoms with Crippen molar-refractivity contribution in [3.63, 3.8) is 0 Å². The minimum atomic E-state index is -3.12. The Morgan fingerprint density at radius 2 is 1.67 bits per heavy atom. The lowest BCUT2D eigenvalue weighted by molar-refractivity contribution is 0.0593. The van der Waals surface area contributed by atoms with E-state index in [0.717, 1.165) is 36.9 Å². The number of amides is 1. The zero-order valence-corrected chi connectivity index (χ0v) is 27.3. The van der Waals surface area contributed by atoms with Gasteiger partial charge in [-0.05, 0) is 70.4 Å². The highest BCUT2D eigenvalue weighted by atomic mass is 35.5. The van der Waals surface area contributed by atoms with Crippen LogP contribution in [-0.4, -0.2) is 53.8 Å². The van der Waals surface area contributed by atoms with Gasteiger partial charge < -0.3 is 19.1 Å². The zero-order chi connectivity index (χ0) is 30.3. The molecule has 0 saturated heterocycles. The third-order valence-corrected chi connectivity index (χ3v) is 10.2.